The molecular formula is C21H26NOP. The summed E-state index contributed by atoms with van der Waals surface area (Å²) < 4.78 is 14.0. The smallest absolute Gasteiger partial charge is 0.205 e. The third-order valence-corrected chi connectivity index (χ3v) is 6.58. The van der Waals surface area contributed by atoms with E-state index in [-0.39, 0.29) is 6.04 Å². The Labute approximate surface area is 145 Å². The second kappa shape index (κ2) is 9.42. The van der Waals surface area contributed by atoms with E-state index in [2.05, 4.69) is 30.7 Å². The second-order valence-corrected chi connectivity index (χ2v) is 8.27. The molecule has 0 fully saturated rings. The van der Waals surface area contributed by atoms with Gasteiger partial charge in [0.25, 0.3) is 0 Å². The monoisotopic (exact) mass is 339 g/mol. The molecule has 0 bridgehead atoms. The normalized spacial score (nSPS) is 13.0. The van der Waals surface area contributed by atoms with Gasteiger partial charge in [0.1, 0.15) is 0 Å². The summed E-state index contributed by atoms with van der Waals surface area (Å²) >= 11 is 0. The van der Waals surface area contributed by atoms with E-state index in [1.165, 1.54) is 0 Å². The van der Waals surface area contributed by atoms with Gasteiger partial charge in [0.05, 0.1) is 0 Å². The highest BCUT2D eigenvalue weighted by Gasteiger charge is 2.28. The van der Waals surface area contributed by atoms with Gasteiger partial charge in [-0.15, -0.1) is 6.58 Å². The van der Waals surface area contributed by atoms with Crippen LogP contribution in [0.25, 0.3) is 0 Å². The molecule has 1 atom stereocenters. The first-order chi connectivity index (χ1) is 11.7. The van der Waals surface area contributed by atoms with Gasteiger partial charge >= 0.3 is 0 Å². The van der Waals surface area contributed by atoms with E-state index < -0.39 is 7.29 Å². The first-order valence-electron chi connectivity index (χ1n) is 8.47. The summed E-state index contributed by atoms with van der Waals surface area (Å²) in [5, 5.41) is 5.08. The van der Waals surface area contributed by atoms with Crippen molar-refractivity contribution in [1.82, 2.24) is 5.09 Å². The molecule has 0 heterocycles. The highest BCUT2D eigenvalue weighted by molar-refractivity contribution is 7.76. The lowest BCUT2D eigenvalue weighted by molar-refractivity contribution is 0.571. The van der Waals surface area contributed by atoms with Gasteiger partial charge < -0.3 is 0 Å². The Hall–Kier alpha value is -1.89. The van der Waals surface area contributed by atoms with Crippen molar-refractivity contribution in [2.45, 2.75) is 32.2 Å². The van der Waals surface area contributed by atoms with Crippen molar-refractivity contribution >= 4 is 17.9 Å². The molecule has 0 aliphatic rings. The van der Waals surface area contributed by atoms with Crippen LogP contribution in [0, 0.1) is 0 Å². The van der Waals surface area contributed by atoms with Crippen molar-refractivity contribution in [2.24, 2.45) is 0 Å². The summed E-state index contributed by atoms with van der Waals surface area (Å²) in [7, 11) is -2.91. The molecule has 0 aromatic heterocycles. The summed E-state index contributed by atoms with van der Waals surface area (Å²) in [6.07, 6.45) is 9.01. The number of nitrogens with one attached hydrogen (secondary N) is 1. The molecule has 126 valence electrons. The standard InChI is InChI=1S/C21H26NOP/c1-3-5-8-14-19(13-4-2)22-24(23,20-15-9-6-10-16-20)21-17-11-7-12-18-21/h4,6-12,14-19H,2-3,5,13H2,1H3,(H,22,23)/t19-/m1/s1. The van der Waals surface area contributed by atoms with Gasteiger partial charge in [-0.3, -0.25) is 9.65 Å². The fraction of sp³-hybridized carbons (Fsp3) is 0.238. The highest BCUT2D eigenvalue weighted by Crippen LogP contribution is 2.39. The average molecular weight is 339 g/mol. The molecule has 0 radical (unpaired) electrons. The third kappa shape index (κ3) is 4.80. The van der Waals surface area contributed by atoms with Crippen LogP contribution in [0.4, 0.5) is 0 Å². The molecule has 3 heteroatoms. The predicted octanol–water partition coefficient (Wildman–Crippen LogP) is 4.81. The van der Waals surface area contributed by atoms with Crippen LogP contribution in [-0.2, 0) is 4.57 Å². The van der Waals surface area contributed by atoms with Crippen molar-refractivity contribution in [1.29, 1.82) is 0 Å². The van der Waals surface area contributed by atoms with Crippen LogP contribution in [0.3, 0.4) is 0 Å². The first kappa shape index (κ1) is 18.4. The molecule has 0 spiro atoms. The zero-order chi connectivity index (χ0) is 17.3. The van der Waals surface area contributed by atoms with Crippen LogP contribution < -0.4 is 15.7 Å². The fourth-order valence-electron chi connectivity index (χ4n) is 2.59. The van der Waals surface area contributed by atoms with Gasteiger partial charge in [-0.25, -0.2) is 0 Å². The number of hydrogen-bond acceptors (Lipinski definition) is 1. The van der Waals surface area contributed by atoms with Gasteiger partial charge in [-0.2, -0.15) is 0 Å². The minimum atomic E-state index is -2.91. The Balaban J connectivity index is 2.39. The van der Waals surface area contributed by atoms with Crippen molar-refractivity contribution in [3.05, 3.63) is 85.5 Å². The first-order valence-corrected chi connectivity index (χ1v) is 10.2. The van der Waals surface area contributed by atoms with Crippen molar-refractivity contribution in [2.75, 3.05) is 0 Å². The Morgan fingerprint density at radius 2 is 1.58 bits per heavy atom. The predicted molar refractivity (Wildman–Crippen MR) is 106 cm³/mol. The Bertz CT molecular complexity index is 651. The number of hydrogen-bond donors (Lipinski definition) is 1. The maximum Gasteiger partial charge on any atom is 0.205 e. The summed E-state index contributed by atoms with van der Waals surface area (Å²) in [6.45, 7) is 5.99. The van der Waals surface area contributed by atoms with Gasteiger partial charge in [-0.05, 0) is 37.1 Å². The Kier molecular flexibility index (Phi) is 7.24. The van der Waals surface area contributed by atoms with E-state index in [0.717, 1.165) is 29.9 Å². The Morgan fingerprint density at radius 3 is 2.04 bits per heavy atom. The summed E-state index contributed by atoms with van der Waals surface area (Å²) in [6, 6.07) is 19.4. The van der Waals surface area contributed by atoms with E-state index in [4.69, 9.17) is 0 Å². The van der Waals surface area contributed by atoms with Crippen LogP contribution in [0.1, 0.15) is 26.2 Å². The van der Waals surface area contributed by atoms with Crippen LogP contribution in [0.5, 0.6) is 0 Å². The fourth-order valence-corrected chi connectivity index (χ4v) is 5.03. The summed E-state index contributed by atoms with van der Waals surface area (Å²) in [4.78, 5) is 0. The lowest BCUT2D eigenvalue weighted by atomic mass is 10.2. The molecule has 0 amide bonds. The Morgan fingerprint density at radius 1 is 1.04 bits per heavy atom. The summed E-state index contributed by atoms with van der Waals surface area (Å²) in [5.41, 5.74) is 0. The van der Waals surface area contributed by atoms with E-state index in [0.29, 0.717) is 0 Å². The molecule has 24 heavy (non-hydrogen) atoms. The largest absolute Gasteiger partial charge is 0.297 e. The molecule has 2 rings (SSSR count). The molecule has 0 aliphatic heterocycles. The third-order valence-electron chi connectivity index (χ3n) is 3.83. The molecule has 2 nitrogen and oxygen atoms in total. The van der Waals surface area contributed by atoms with Crippen LogP contribution in [0.15, 0.2) is 85.5 Å². The maximum atomic E-state index is 14.0. The molecule has 0 aliphatic carbocycles. The maximum absolute atomic E-state index is 14.0. The molecule has 2 aromatic carbocycles. The van der Waals surface area contributed by atoms with E-state index >= 15 is 0 Å². The van der Waals surface area contributed by atoms with Gasteiger partial charge in [-0.1, -0.05) is 68.0 Å². The lowest BCUT2D eigenvalue weighted by Gasteiger charge is -2.25. The minimum Gasteiger partial charge on any atom is -0.297 e. The van der Waals surface area contributed by atoms with Gasteiger partial charge in [0.2, 0.25) is 7.29 Å². The van der Waals surface area contributed by atoms with E-state index in [1.54, 1.807) is 0 Å². The van der Waals surface area contributed by atoms with Crippen LogP contribution in [-0.4, -0.2) is 6.04 Å². The minimum absolute atomic E-state index is 0.000274. The number of benzene rings is 2. The van der Waals surface area contributed by atoms with E-state index in [9.17, 15) is 4.57 Å². The average Bonchev–Trinajstić information content (AvgIpc) is 2.63. The van der Waals surface area contributed by atoms with Crippen molar-refractivity contribution in [3.63, 3.8) is 0 Å². The molecule has 0 saturated carbocycles. The van der Waals surface area contributed by atoms with Crippen molar-refractivity contribution < 1.29 is 4.57 Å². The molecular weight excluding hydrogens is 313 g/mol. The SMILES string of the molecule is C=CC[C@H](C=CCCC)NP(=O)(c1ccccc1)c1ccccc1. The zero-order valence-corrected chi connectivity index (χ0v) is 15.2. The molecule has 0 saturated heterocycles. The zero-order valence-electron chi connectivity index (χ0n) is 14.3. The van der Waals surface area contributed by atoms with Crippen LogP contribution in [0.2, 0.25) is 0 Å². The summed E-state index contributed by atoms with van der Waals surface area (Å²) in [5.74, 6) is 0. The molecule has 2 aromatic rings. The quantitative estimate of drug-likeness (QED) is 0.525. The number of allylic oxidation sites excluding steroid dienone is 1. The van der Waals surface area contributed by atoms with Gasteiger partial charge in [0, 0.05) is 16.7 Å². The van der Waals surface area contributed by atoms with Crippen molar-refractivity contribution in [3.8, 4) is 0 Å². The van der Waals surface area contributed by atoms with Crippen LogP contribution >= 0.6 is 7.29 Å². The number of rotatable bonds is 9. The highest BCUT2D eigenvalue weighted by atomic mass is 31.2. The lowest BCUT2D eigenvalue weighted by Crippen LogP contribution is -2.33. The van der Waals surface area contributed by atoms with E-state index in [1.807, 2.05) is 66.7 Å². The van der Waals surface area contributed by atoms with Gasteiger partial charge in [0.15, 0.2) is 0 Å². The second-order valence-electron chi connectivity index (χ2n) is 5.76. The number of unbranched alkanes of at least 4 members (excludes halogenated alkanes) is 1. The molecule has 1 N–H and O–H groups in total. The topological polar surface area (TPSA) is 29.1 Å². The molecule has 0 unspecified atom stereocenters.